The normalized spacial score (nSPS) is 23.5. The van der Waals surface area contributed by atoms with Crippen LogP contribution in [0.4, 0.5) is 0 Å². The van der Waals surface area contributed by atoms with Crippen molar-refractivity contribution in [1.29, 1.82) is 0 Å². The first-order valence-electron chi connectivity index (χ1n) is 10.6. The van der Waals surface area contributed by atoms with E-state index in [0.717, 1.165) is 12.2 Å². The van der Waals surface area contributed by atoms with Gasteiger partial charge in [0.1, 0.15) is 18.1 Å². The van der Waals surface area contributed by atoms with E-state index >= 15 is 0 Å². The van der Waals surface area contributed by atoms with E-state index in [4.69, 9.17) is 5.73 Å². The van der Waals surface area contributed by atoms with Crippen LogP contribution >= 0.6 is 11.8 Å². The quantitative estimate of drug-likeness (QED) is 0.467. The maximum absolute atomic E-state index is 13.3. The Morgan fingerprint density at radius 3 is 2.27 bits per heavy atom. The molecule has 4 N–H and O–H groups in total. The monoisotopic (exact) mass is 442 g/mol. The Kier molecular flexibility index (Phi) is 8.96. The van der Waals surface area contributed by atoms with Crippen LogP contribution in [0.1, 0.15) is 46.0 Å². The van der Waals surface area contributed by atoms with Gasteiger partial charge in [0.25, 0.3) is 0 Å². The number of amides is 3. The van der Waals surface area contributed by atoms with E-state index in [1.165, 1.54) is 4.90 Å². The van der Waals surface area contributed by atoms with Crippen molar-refractivity contribution in [1.82, 2.24) is 15.1 Å². The van der Waals surface area contributed by atoms with Gasteiger partial charge in [-0.05, 0) is 50.0 Å². The van der Waals surface area contributed by atoms with Crippen LogP contribution in [0.25, 0.3) is 0 Å². The van der Waals surface area contributed by atoms with Gasteiger partial charge in [-0.2, -0.15) is 11.8 Å². The summed E-state index contributed by atoms with van der Waals surface area (Å²) in [5.41, 5.74) is 6.04. The lowest BCUT2D eigenvalue weighted by Crippen LogP contribution is -2.56. The number of nitrogens with one attached hydrogen (secondary N) is 1. The van der Waals surface area contributed by atoms with Gasteiger partial charge in [-0.1, -0.05) is 13.8 Å². The number of carbonyl (C=O) groups is 4. The van der Waals surface area contributed by atoms with Gasteiger partial charge in [-0.25, -0.2) is 4.79 Å². The van der Waals surface area contributed by atoms with Crippen molar-refractivity contribution >= 4 is 35.5 Å². The predicted octanol–water partition coefficient (Wildman–Crippen LogP) is 0.274. The number of thioether (sulfide) groups is 1. The summed E-state index contributed by atoms with van der Waals surface area (Å²) in [7, 11) is 0. The molecule has 2 rings (SSSR count). The van der Waals surface area contributed by atoms with Crippen LogP contribution in [0.5, 0.6) is 0 Å². The van der Waals surface area contributed by atoms with Gasteiger partial charge in [0, 0.05) is 13.1 Å². The molecule has 0 aromatic rings. The topological polar surface area (TPSA) is 133 Å². The third-order valence-corrected chi connectivity index (χ3v) is 6.48. The summed E-state index contributed by atoms with van der Waals surface area (Å²) in [5.74, 6) is -1.51. The molecule has 0 aromatic carbocycles. The second kappa shape index (κ2) is 11.0. The zero-order valence-electron chi connectivity index (χ0n) is 18.0. The number of hydrogen-bond donors (Lipinski definition) is 3. The Labute approximate surface area is 182 Å². The molecule has 2 saturated heterocycles. The maximum Gasteiger partial charge on any atom is 0.326 e. The molecule has 2 heterocycles. The molecule has 4 unspecified atom stereocenters. The summed E-state index contributed by atoms with van der Waals surface area (Å²) >= 11 is 1.62. The van der Waals surface area contributed by atoms with Gasteiger partial charge < -0.3 is 26.0 Å². The maximum atomic E-state index is 13.3. The van der Waals surface area contributed by atoms with Crippen molar-refractivity contribution in [2.45, 2.75) is 70.1 Å². The minimum absolute atomic E-state index is 0.217. The summed E-state index contributed by atoms with van der Waals surface area (Å²) in [6, 6.07) is -2.95. The molecule has 0 radical (unpaired) electrons. The molecule has 170 valence electrons. The highest BCUT2D eigenvalue weighted by atomic mass is 32.2. The zero-order chi connectivity index (χ0) is 22.4. The Bertz CT molecular complexity index is 659. The van der Waals surface area contributed by atoms with Gasteiger partial charge >= 0.3 is 5.97 Å². The number of hydrogen-bond acceptors (Lipinski definition) is 6. The van der Waals surface area contributed by atoms with Gasteiger partial charge in [-0.15, -0.1) is 0 Å². The Balaban J connectivity index is 2.07. The van der Waals surface area contributed by atoms with E-state index in [0.29, 0.717) is 38.8 Å². The first kappa shape index (κ1) is 24.5. The van der Waals surface area contributed by atoms with Crippen LogP contribution in [0.3, 0.4) is 0 Å². The van der Waals surface area contributed by atoms with Crippen LogP contribution in [-0.4, -0.2) is 87.9 Å². The number of rotatable bonds is 9. The van der Waals surface area contributed by atoms with Crippen molar-refractivity contribution in [3.05, 3.63) is 0 Å². The van der Waals surface area contributed by atoms with Crippen LogP contribution in [0, 0.1) is 5.92 Å². The largest absolute Gasteiger partial charge is 0.480 e. The molecule has 2 aliphatic rings. The summed E-state index contributed by atoms with van der Waals surface area (Å²) in [6.45, 7) is 4.35. The highest BCUT2D eigenvalue weighted by Gasteiger charge is 2.43. The van der Waals surface area contributed by atoms with E-state index < -0.39 is 36.0 Å². The smallest absolute Gasteiger partial charge is 0.326 e. The van der Waals surface area contributed by atoms with E-state index in [-0.39, 0.29) is 17.7 Å². The van der Waals surface area contributed by atoms with Crippen LogP contribution in [0.2, 0.25) is 0 Å². The number of carboxylic acid groups (broad SMARTS) is 1. The summed E-state index contributed by atoms with van der Waals surface area (Å²) in [6.07, 6.45) is 4.92. The standard InChI is InChI=1S/C20H34N4O5S/c1-12(2)16(20(28)29)22-17(25)14-6-4-9-23(14)19(27)15-7-5-10-24(15)18(26)13(21)8-11-30-3/h12-16H,4-11,21H2,1-3H3,(H,22,25)(H,28,29). The molecule has 3 amide bonds. The fraction of sp³-hybridized carbons (Fsp3) is 0.800. The molecule has 0 spiro atoms. The lowest BCUT2D eigenvalue weighted by atomic mass is 10.0. The number of nitrogens with two attached hydrogens (primary N) is 1. The number of carboxylic acids is 1. The summed E-state index contributed by atoms with van der Waals surface area (Å²) < 4.78 is 0. The second-order valence-corrected chi connectivity index (χ2v) is 9.32. The summed E-state index contributed by atoms with van der Waals surface area (Å²) in [4.78, 5) is 53.3. The van der Waals surface area contributed by atoms with Gasteiger partial charge in [0.15, 0.2) is 0 Å². The molecule has 0 saturated carbocycles. The fourth-order valence-corrected chi connectivity index (χ4v) is 4.62. The Morgan fingerprint density at radius 1 is 1.10 bits per heavy atom. The van der Waals surface area contributed by atoms with E-state index in [2.05, 4.69) is 5.32 Å². The van der Waals surface area contributed by atoms with E-state index in [1.807, 2.05) is 6.26 Å². The van der Waals surface area contributed by atoms with Crippen LogP contribution in [0.15, 0.2) is 0 Å². The highest BCUT2D eigenvalue weighted by Crippen LogP contribution is 2.26. The highest BCUT2D eigenvalue weighted by molar-refractivity contribution is 7.98. The van der Waals surface area contributed by atoms with E-state index in [1.54, 1.807) is 30.5 Å². The Morgan fingerprint density at radius 2 is 1.70 bits per heavy atom. The fourth-order valence-electron chi connectivity index (χ4n) is 4.13. The third-order valence-electron chi connectivity index (χ3n) is 5.84. The minimum atomic E-state index is -1.10. The third kappa shape index (κ3) is 5.66. The number of likely N-dealkylation sites (tertiary alicyclic amines) is 2. The van der Waals surface area contributed by atoms with Crippen molar-refractivity contribution in [2.75, 3.05) is 25.1 Å². The predicted molar refractivity (Wildman–Crippen MR) is 115 cm³/mol. The molecule has 30 heavy (non-hydrogen) atoms. The molecule has 2 fully saturated rings. The van der Waals surface area contributed by atoms with Crippen LogP contribution in [-0.2, 0) is 19.2 Å². The number of carbonyl (C=O) groups excluding carboxylic acids is 3. The van der Waals surface area contributed by atoms with Crippen LogP contribution < -0.4 is 11.1 Å². The molecule has 4 atom stereocenters. The second-order valence-electron chi connectivity index (χ2n) is 8.34. The molecule has 9 nitrogen and oxygen atoms in total. The van der Waals surface area contributed by atoms with Crippen molar-refractivity contribution < 1.29 is 24.3 Å². The molecular weight excluding hydrogens is 408 g/mol. The lowest BCUT2D eigenvalue weighted by molar-refractivity contribution is -0.148. The van der Waals surface area contributed by atoms with Gasteiger partial charge in [-0.3, -0.25) is 14.4 Å². The minimum Gasteiger partial charge on any atom is -0.480 e. The van der Waals surface area contributed by atoms with Gasteiger partial charge in [0.2, 0.25) is 17.7 Å². The first-order valence-corrected chi connectivity index (χ1v) is 12.0. The number of aliphatic carboxylic acids is 1. The average molecular weight is 443 g/mol. The molecular formula is C20H34N4O5S. The lowest BCUT2D eigenvalue weighted by Gasteiger charge is -2.32. The molecule has 0 aliphatic carbocycles. The first-order chi connectivity index (χ1) is 14.2. The van der Waals surface area contributed by atoms with Crippen molar-refractivity contribution in [3.8, 4) is 0 Å². The Hall–Kier alpha value is -1.81. The zero-order valence-corrected chi connectivity index (χ0v) is 18.8. The SMILES string of the molecule is CSCCC(N)C(=O)N1CCCC1C(=O)N1CCCC1C(=O)NC(C(=O)O)C(C)C. The molecule has 0 bridgehead atoms. The van der Waals surface area contributed by atoms with Gasteiger partial charge in [0.05, 0.1) is 6.04 Å². The average Bonchev–Trinajstić information content (AvgIpc) is 3.37. The van der Waals surface area contributed by atoms with Crippen molar-refractivity contribution in [3.63, 3.8) is 0 Å². The molecule has 0 aromatic heterocycles. The van der Waals surface area contributed by atoms with E-state index in [9.17, 15) is 24.3 Å². The molecule has 10 heteroatoms. The summed E-state index contributed by atoms with van der Waals surface area (Å²) in [5, 5.41) is 11.9. The van der Waals surface area contributed by atoms with Crippen molar-refractivity contribution in [2.24, 2.45) is 11.7 Å². The molecule has 2 aliphatic heterocycles. The number of nitrogens with zero attached hydrogens (tertiary/aromatic N) is 2.